The highest BCUT2D eigenvalue weighted by Crippen LogP contribution is 2.28. The first-order valence-electron chi connectivity index (χ1n) is 6.17. The molecular formula is C15H14N2O2. The van der Waals surface area contributed by atoms with Crippen molar-refractivity contribution in [2.75, 3.05) is 12.4 Å². The van der Waals surface area contributed by atoms with Gasteiger partial charge in [0.1, 0.15) is 11.4 Å². The zero-order valence-corrected chi connectivity index (χ0v) is 10.6. The highest BCUT2D eigenvalue weighted by Gasteiger charge is 2.29. The molecule has 0 bridgehead atoms. The van der Waals surface area contributed by atoms with Crippen molar-refractivity contribution in [2.45, 2.75) is 12.5 Å². The molecular weight excluding hydrogens is 240 g/mol. The molecule has 1 atom stereocenters. The van der Waals surface area contributed by atoms with Crippen molar-refractivity contribution < 1.29 is 9.53 Å². The molecule has 0 aliphatic carbocycles. The topological polar surface area (TPSA) is 51.2 Å². The second-order valence-corrected chi connectivity index (χ2v) is 4.48. The van der Waals surface area contributed by atoms with E-state index in [-0.39, 0.29) is 11.8 Å². The van der Waals surface area contributed by atoms with Crippen LogP contribution in [0.2, 0.25) is 0 Å². The molecule has 4 nitrogen and oxygen atoms in total. The van der Waals surface area contributed by atoms with E-state index >= 15 is 0 Å². The summed E-state index contributed by atoms with van der Waals surface area (Å²) in [4.78, 5) is 16.6. The summed E-state index contributed by atoms with van der Waals surface area (Å²) in [5, 5.41) is 3.24. The Labute approximate surface area is 111 Å². The van der Waals surface area contributed by atoms with Crippen LogP contribution in [0.5, 0.6) is 5.75 Å². The third-order valence-corrected chi connectivity index (χ3v) is 3.31. The maximum atomic E-state index is 12.5. The standard InChI is InChI=1S/C15H14N2O2/c1-19-13-7-4-8-16-14(13)15(18)12-9-10-5-2-3-6-11(10)17-12/h2-8,12,17H,9H2,1H3. The average molecular weight is 254 g/mol. The van der Waals surface area contributed by atoms with Crippen LogP contribution < -0.4 is 10.1 Å². The van der Waals surface area contributed by atoms with Crippen LogP contribution in [-0.4, -0.2) is 23.9 Å². The summed E-state index contributed by atoms with van der Waals surface area (Å²) in [6.45, 7) is 0. The summed E-state index contributed by atoms with van der Waals surface area (Å²) in [5.74, 6) is 0.485. The number of aromatic nitrogens is 1. The first-order valence-corrected chi connectivity index (χ1v) is 6.17. The smallest absolute Gasteiger partial charge is 0.207 e. The van der Waals surface area contributed by atoms with Crippen LogP contribution in [0.1, 0.15) is 16.1 Å². The Morgan fingerprint density at radius 2 is 2.16 bits per heavy atom. The number of nitrogens with zero attached hydrogens (tertiary/aromatic N) is 1. The number of rotatable bonds is 3. The molecule has 0 fully saturated rings. The molecule has 1 aromatic carbocycles. The van der Waals surface area contributed by atoms with Gasteiger partial charge in [0.05, 0.1) is 13.2 Å². The first-order chi connectivity index (χ1) is 9.29. The first kappa shape index (κ1) is 11.7. The van der Waals surface area contributed by atoms with Crippen molar-refractivity contribution in [1.29, 1.82) is 0 Å². The Morgan fingerprint density at radius 1 is 1.32 bits per heavy atom. The number of para-hydroxylation sites is 1. The van der Waals surface area contributed by atoms with Gasteiger partial charge in [0.25, 0.3) is 0 Å². The predicted octanol–water partition coefficient (Wildman–Crippen LogP) is 2.31. The van der Waals surface area contributed by atoms with Crippen molar-refractivity contribution in [2.24, 2.45) is 0 Å². The molecule has 1 unspecified atom stereocenters. The minimum Gasteiger partial charge on any atom is -0.494 e. The van der Waals surface area contributed by atoms with Gasteiger partial charge in [0.15, 0.2) is 0 Å². The van der Waals surface area contributed by atoms with E-state index < -0.39 is 0 Å². The van der Waals surface area contributed by atoms with E-state index in [1.165, 1.54) is 0 Å². The van der Waals surface area contributed by atoms with Crippen molar-refractivity contribution in [3.05, 3.63) is 53.9 Å². The molecule has 96 valence electrons. The van der Waals surface area contributed by atoms with Gasteiger partial charge in [0.2, 0.25) is 5.78 Å². The number of carbonyl (C=O) groups excluding carboxylic acids is 1. The molecule has 1 N–H and O–H groups in total. The van der Waals surface area contributed by atoms with Crippen LogP contribution in [0.3, 0.4) is 0 Å². The zero-order chi connectivity index (χ0) is 13.2. The maximum absolute atomic E-state index is 12.5. The molecule has 0 amide bonds. The number of carbonyl (C=O) groups is 1. The van der Waals surface area contributed by atoms with Gasteiger partial charge in [-0.05, 0) is 23.8 Å². The predicted molar refractivity (Wildman–Crippen MR) is 72.7 cm³/mol. The number of methoxy groups -OCH3 is 1. The minimum atomic E-state index is -0.263. The number of hydrogen-bond donors (Lipinski definition) is 1. The molecule has 3 rings (SSSR count). The van der Waals surface area contributed by atoms with Crippen molar-refractivity contribution in [3.63, 3.8) is 0 Å². The van der Waals surface area contributed by atoms with E-state index in [1.54, 1.807) is 25.4 Å². The zero-order valence-electron chi connectivity index (χ0n) is 10.6. The van der Waals surface area contributed by atoms with Crippen molar-refractivity contribution in [3.8, 4) is 5.75 Å². The minimum absolute atomic E-state index is 0.0337. The van der Waals surface area contributed by atoms with Gasteiger partial charge in [-0.3, -0.25) is 4.79 Å². The molecule has 1 aliphatic rings. The molecule has 2 heterocycles. The fraction of sp³-hybridized carbons (Fsp3) is 0.200. The lowest BCUT2D eigenvalue weighted by Gasteiger charge is -2.11. The SMILES string of the molecule is COc1cccnc1C(=O)C1Cc2ccccc2N1. The van der Waals surface area contributed by atoms with Crippen LogP contribution in [0.4, 0.5) is 5.69 Å². The number of Topliss-reactive ketones (excluding diaryl/α,β-unsaturated/α-hetero) is 1. The number of benzene rings is 1. The Kier molecular flexibility index (Phi) is 2.91. The van der Waals surface area contributed by atoms with Crippen LogP contribution in [0, 0.1) is 0 Å². The summed E-state index contributed by atoms with van der Waals surface area (Å²) in [6.07, 6.45) is 2.30. The number of pyridine rings is 1. The highest BCUT2D eigenvalue weighted by molar-refractivity contribution is 6.03. The highest BCUT2D eigenvalue weighted by atomic mass is 16.5. The van der Waals surface area contributed by atoms with E-state index in [0.717, 1.165) is 11.3 Å². The van der Waals surface area contributed by atoms with Crippen molar-refractivity contribution >= 4 is 11.5 Å². The molecule has 2 aromatic rings. The van der Waals surface area contributed by atoms with Gasteiger partial charge in [0, 0.05) is 18.3 Å². The summed E-state index contributed by atoms with van der Waals surface area (Å²) < 4.78 is 5.19. The number of fused-ring (bicyclic) bond motifs is 1. The molecule has 4 heteroatoms. The van der Waals surface area contributed by atoms with Crippen LogP contribution in [0.15, 0.2) is 42.6 Å². The fourth-order valence-electron chi connectivity index (χ4n) is 2.36. The van der Waals surface area contributed by atoms with Crippen molar-refractivity contribution in [1.82, 2.24) is 4.98 Å². The van der Waals surface area contributed by atoms with Gasteiger partial charge in [-0.15, -0.1) is 0 Å². The van der Waals surface area contributed by atoms with Crippen LogP contribution in [0.25, 0.3) is 0 Å². The number of ketones is 1. The van der Waals surface area contributed by atoms with Crippen LogP contribution in [-0.2, 0) is 6.42 Å². The van der Waals surface area contributed by atoms with E-state index in [2.05, 4.69) is 10.3 Å². The molecule has 1 aromatic heterocycles. The Bertz CT molecular complexity index is 600. The quantitative estimate of drug-likeness (QED) is 0.854. The summed E-state index contributed by atoms with van der Waals surface area (Å²) >= 11 is 0. The lowest BCUT2D eigenvalue weighted by atomic mass is 10.0. The van der Waals surface area contributed by atoms with Gasteiger partial charge in [-0.25, -0.2) is 4.98 Å². The summed E-state index contributed by atoms with van der Waals surface area (Å²) in [7, 11) is 1.55. The average Bonchev–Trinajstić information content (AvgIpc) is 2.90. The maximum Gasteiger partial charge on any atom is 0.207 e. The fourth-order valence-corrected chi connectivity index (χ4v) is 2.36. The molecule has 0 spiro atoms. The lowest BCUT2D eigenvalue weighted by molar-refractivity contribution is 0.0963. The normalized spacial score (nSPS) is 16.6. The molecule has 0 saturated heterocycles. The van der Waals surface area contributed by atoms with E-state index in [1.807, 2.05) is 24.3 Å². The van der Waals surface area contributed by atoms with Gasteiger partial charge in [-0.2, -0.15) is 0 Å². The third kappa shape index (κ3) is 2.05. The second-order valence-electron chi connectivity index (χ2n) is 4.48. The van der Waals surface area contributed by atoms with Crippen LogP contribution >= 0.6 is 0 Å². The van der Waals surface area contributed by atoms with E-state index in [4.69, 9.17) is 4.74 Å². The van der Waals surface area contributed by atoms with E-state index in [9.17, 15) is 4.79 Å². The molecule has 1 aliphatic heterocycles. The van der Waals surface area contributed by atoms with Gasteiger partial charge >= 0.3 is 0 Å². The Morgan fingerprint density at radius 3 is 2.95 bits per heavy atom. The van der Waals surface area contributed by atoms with E-state index in [0.29, 0.717) is 17.9 Å². The molecule has 0 saturated carbocycles. The monoisotopic (exact) mass is 254 g/mol. The number of ether oxygens (including phenoxy) is 1. The summed E-state index contributed by atoms with van der Waals surface area (Å²) in [6, 6.07) is 11.2. The van der Waals surface area contributed by atoms with Gasteiger partial charge in [-0.1, -0.05) is 18.2 Å². The lowest BCUT2D eigenvalue weighted by Crippen LogP contribution is -2.28. The second kappa shape index (κ2) is 4.72. The number of hydrogen-bond acceptors (Lipinski definition) is 4. The Balaban J connectivity index is 1.87. The summed E-state index contributed by atoms with van der Waals surface area (Å²) in [5.41, 5.74) is 2.57. The molecule has 19 heavy (non-hydrogen) atoms. The number of nitrogens with one attached hydrogen (secondary N) is 1. The number of anilines is 1. The third-order valence-electron chi connectivity index (χ3n) is 3.31. The Hall–Kier alpha value is -2.36. The largest absolute Gasteiger partial charge is 0.494 e. The van der Waals surface area contributed by atoms with Gasteiger partial charge < -0.3 is 10.1 Å². The molecule has 0 radical (unpaired) electrons.